The molecule has 0 radical (unpaired) electrons. The number of fused-ring (bicyclic) bond motifs is 2. The van der Waals surface area contributed by atoms with E-state index in [4.69, 9.17) is 0 Å². The smallest absolute Gasteiger partial charge is 0.322 e. The summed E-state index contributed by atoms with van der Waals surface area (Å²) in [7, 11) is 0. The predicted molar refractivity (Wildman–Crippen MR) is 110 cm³/mol. The number of anilines is 1. The number of nitrogens with zero attached hydrogens (tertiary/aromatic N) is 4. The maximum atomic E-state index is 12.9. The van der Waals surface area contributed by atoms with Crippen LogP contribution in [0.25, 0.3) is 10.8 Å². The van der Waals surface area contributed by atoms with Gasteiger partial charge in [-0.1, -0.05) is 18.9 Å². The Morgan fingerprint density at radius 2 is 1.93 bits per heavy atom. The Hall–Kier alpha value is -3.16. The summed E-state index contributed by atoms with van der Waals surface area (Å²) in [5.74, 6) is 2.43. The van der Waals surface area contributed by atoms with Crippen molar-refractivity contribution in [1.29, 1.82) is 0 Å². The van der Waals surface area contributed by atoms with Crippen molar-refractivity contribution < 1.29 is 4.79 Å². The molecule has 0 saturated heterocycles. The number of urea groups is 1. The molecule has 3 heterocycles. The van der Waals surface area contributed by atoms with Crippen LogP contribution in [0.15, 0.2) is 35.3 Å². The van der Waals surface area contributed by atoms with Gasteiger partial charge in [0.1, 0.15) is 5.82 Å². The second kappa shape index (κ2) is 7.02. The van der Waals surface area contributed by atoms with Crippen LogP contribution in [0.1, 0.15) is 56.2 Å². The van der Waals surface area contributed by atoms with Gasteiger partial charge in [-0.05, 0) is 43.4 Å². The molecule has 0 unspecified atom stereocenters. The zero-order valence-corrected chi connectivity index (χ0v) is 16.4. The molecular weight excluding hydrogens is 368 g/mol. The van der Waals surface area contributed by atoms with E-state index < -0.39 is 0 Å². The molecule has 1 aliphatic heterocycles. The standard InChI is InChI=1S/C21H24N6O2/c1-13-18-24-25-19(15-4-2-3-5-15)27(18)11-10-26(13)21(29)23-16-7-6-14-8-9-22-20(28)17(14)12-16/h6-9,12-13,15H,2-5,10-11H2,1H3,(H,22,28)(H,23,29)/t13-/m1/s1. The summed E-state index contributed by atoms with van der Waals surface area (Å²) in [5.41, 5.74) is 0.433. The number of benzene rings is 1. The second-order valence-electron chi connectivity index (χ2n) is 7.96. The van der Waals surface area contributed by atoms with Crippen LogP contribution in [0, 0.1) is 0 Å². The van der Waals surface area contributed by atoms with Crippen molar-refractivity contribution in [2.24, 2.45) is 0 Å². The van der Waals surface area contributed by atoms with Gasteiger partial charge in [-0.15, -0.1) is 10.2 Å². The summed E-state index contributed by atoms with van der Waals surface area (Å²) in [6.07, 6.45) is 6.49. The number of hydrogen-bond donors (Lipinski definition) is 2. The topological polar surface area (TPSA) is 95.9 Å². The molecule has 1 aromatic carbocycles. The fourth-order valence-corrected chi connectivity index (χ4v) is 4.63. The number of rotatable bonds is 2. The van der Waals surface area contributed by atoms with Crippen LogP contribution in [0.4, 0.5) is 10.5 Å². The predicted octanol–water partition coefficient (Wildman–Crippen LogP) is 3.39. The summed E-state index contributed by atoms with van der Waals surface area (Å²) in [4.78, 5) is 29.4. The number of H-pyrrole nitrogens is 1. The van der Waals surface area contributed by atoms with Crippen molar-refractivity contribution in [3.05, 3.63) is 52.5 Å². The van der Waals surface area contributed by atoms with Gasteiger partial charge in [0, 0.05) is 36.3 Å². The molecule has 0 spiro atoms. The van der Waals surface area contributed by atoms with E-state index in [1.165, 1.54) is 25.7 Å². The molecule has 2 aliphatic rings. The molecule has 1 saturated carbocycles. The molecule has 3 aromatic rings. The van der Waals surface area contributed by atoms with E-state index in [0.717, 1.165) is 17.0 Å². The van der Waals surface area contributed by atoms with E-state index in [0.29, 0.717) is 30.1 Å². The van der Waals surface area contributed by atoms with Gasteiger partial charge in [0.15, 0.2) is 5.82 Å². The quantitative estimate of drug-likeness (QED) is 0.699. The lowest BCUT2D eigenvalue weighted by Crippen LogP contribution is -2.43. The highest BCUT2D eigenvalue weighted by Crippen LogP contribution is 2.35. The summed E-state index contributed by atoms with van der Waals surface area (Å²) in [6.45, 7) is 3.30. The molecule has 0 bridgehead atoms. The number of amides is 2. The SMILES string of the molecule is C[C@@H]1c2nnc(C3CCCC3)n2CCN1C(=O)Nc1ccc2cc[nH]c(=O)c2c1. The molecule has 1 aliphatic carbocycles. The fourth-order valence-electron chi connectivity index (χ4n) is 4.63. The van der Waals surface area contributed by atoms with Gasteiger partial charge < -0.3 is 19.8 Å². The molecular formula is C21H24N6O2. The summed E-state index contributed by atoms with van der Waals surface area (Å²) < 4.78 is 2.21. The molecule has 5 rings (SSSR count). The van der Waals surface area contributed by atoms with Gasteiger partial charge in [0.2, 0.25) is 0 Å². The van der Waals surface area contributed by atoms with Gasteiger partial charge >= 0.3 is 6.03 Å². The highest BCUT2D eigenvalue weighted by molar-refractivity contribution is 5.93. The Labute approximate surface area is 167 Å². The monoisotopic (exact) mass is 392 g/mol. The number of aromatic nitrogens is 4. The highest BCUT2D eigenvalue weighted by atomic mass is 16.2. The summed E-state index contributed by atoms with van der Waals surface area (Å²) in [6, 6.07) is 6.85. The van der Waals surface area contributed by atoms with E-state index in [2.05, 4.69) is 25.1 Å². The third-order valence-corrected chi connectivity index (χ3v) is 6.22. The Bertz CT molecular complexity index is 1130. The Morgan fingerprint density at radius 1 is 1.14 bits per heavy atom. The first-order chi connectivity index (χ1) is 14.1. The van der Waals surface area contributed by atoms with E-state index in [9.17, 15) is 9.59 Å². The van der Waals surface area contributed by atoms with Crippen molar-refractivity contribution in [3.63, 3.8) is 0 Å². The van der Waals surface area contributed by atoms with Gasteiger partial charge in [-0.25, -0.2) is 4.79 Å². The molecule has 2 amide bonds. The molecule has 150 valence electrons. The minimum absolute atomic E-state index is 0.157. The molecule has 29 heavy (non-hydrogen) atoms. The van der Waals surface area contributed by atoms with E-state index in [-0.39, 0.29) is 17.6 Å². The molecule has 8 heteroatoms. The van der Waals surface area contributed by atoms with Crippen LogP contribution in [0.5, 0.6) is 0 Å². The number of pyridine rings is 1. The Morgan fingerprint density at radius 3 is 2.76 bits per heavy atom. The van der Waals surface area contributed by atoms with Gasteiger partial charge in [0.25, 0.3) is 5.56 Å². The Balaban J connectivity index is 1.36. The first-order valence-electron chi connectivity index (χ1n) is 10.2. The average molecular weight is 392 g/mol. The summed E-state index contributed by atoms with van der Waals surface area (Å²) in [5, 5.41) is 13.2. The van der Waals surface area contributed by atoms with E-state index in [1.54, 1.807) is 17.2 Å². The number of hydrogen-bond acceptors (Lipinski definition) is 4. The van der Waals surface area contributed by atoms with Crippen molar-refractivity contribution in [3.8, 4) is 0 Å². The fraction of sp³-hybridized carbons (Fsp3) is 0.429. The van der Waals surface area contributed by atoms with Crippen LogP contribution in [0.3, 0.4) is 0 Å². The first kappa shape index (κ1) is 17.9. The molecule has 2 aromatic heterocycles. The van der Waals surface area contributed by atoms with E-state index in [1.807, 2.05) is 25.1 Å². The third-order valence-electron chi connectivity index (χ3n) is 6.22. The molecule has 1 fully saturated rings. The van der Waals surface area contributed by atoms with E-state index >= 15 is 0 Å². The van der Waals surface area contributed by atoms with Crippen LogP contribution >= 0.6 is 0 Å². The molecule has 2 N–H and O–H groups in total. The van der Waals surface area contributed by atoms with Crippen molar-refractivity contribution >= 4 is 22.5 Å². The lowest BCUT2D eigenvalue weighted by Gasteiger charge is -2.34. The normalized spacial score (nSPS) is 19.5. The van der Waals surface area contributed by atoms with Crippen molar-refractivity contribution in [1.82, 2.24) is 24.6 Å². The largest absolute Gasteiger partial charge is 0.329 e. The summed E-state index contributed by atoms with van der Waals surface area (Å²) >= 11 is 0. The lowest BCUT2D eigenvalue weighted by molar-refractivity contribution is 0.171. The zero-order valence-electron chi connectivity index (χ0n) is 16.4. The van der Waals surface area contributed by atoms with Crippen LogP contribution in [0.2, 0.25) is 0 Å². The van der Waals surface area contributed by atoms with Crippen LogP contribution in [-0.2, 0) is 6.54 Å². The third kappa shape index (κ3) is 3.08. The minimum Gasteiger partial charge on any atom is -0.329 e. The maximum absolute atomic E-state index is 12.9. The number of aromatic amines is 1. The molecule has 1 atom stereocenters. The number of carbonyl (C=O) groups excluding carboxylic acids is 1. The minimum atomic E-state index is -0.194. The second-order valence-corrected chi connectivity index (χ2v) is 7.96. The highest BCUT2D eigenvalue weighted by Gasteiger charge is 2.33. The number of carbonyl (C=O) groups is 1. The Kier molecular flexibility index (Phi) is 4.34. The first-order valence-corrected chi connectivity index (χ1v) is 10.2. The zero-order chi connectivity index (χ0) is 20.0. The van der Waals surface area contributed by atoms with Crippen LogP contribution < -0.4 is 10.9 Å². The van der Waals surface area contributed by atoms with Gasteiger partial charge in [0.05, 0.1) is 6.04 Å². The van der Waals surface area contributed by atoms with Crippen molar-refractivity contribution in [2.45, 2.75) is 51.1 Å². The van der Waals surface area contributed by atoms with Crippen LogP contribution in [-0.4, -0.2) is 37.2 Å². The van der Waals surface area contributed by atoms with Gasteiger partial charge in [-0.2, -0.15) is 0 Å². The van der Waals surface area contributed by atoms with Gasteiger partial charge in [-0.3, -0.25) is 4.79 Å². The lowest BCUT2D eigenvalue weighted by atomic mass is 10.1. The van der Waals surface area contributed by atoms with Crippen molar-refractivity contribution in [2.75, 3.05) is 11.9 Å². The maximum Gasteiger partial charge on any atom is 0.322 e. The molecule has 8 nitrogen and oxygen atoms in total. The average Bonchev–Trinajstić information content (AvgIpc) is 3.38. The number of nitrogens with one attached hydrogen (secondary N) is 2.